The van der Waals surface area contributed by atoms with Gasteiger partial charge < -0.3 is 9.84 Å². The molecule has 0 bridgehead atoms. The lowest BCUT2D eigenvalue weighted by Gasteiger charge is -2.06. The lowest BCUT2D eigenvalue weighted by molar-refractivity contribution is -0.135. The fraction of sp³-hybridized carbons (Fsp3) is 0.222. The number of aliphatic hydroxyl groups excluding tert-OH is 1. The topological polar surface area (TPSA) is 46.5 Å². The maximum absolute atomic E-state index is 11.0. The molecule has 0 radical (unpaired) electrons. The van der Waals surface area contributed by atoms with E-state index in [0.717, 1.165) is 0 Å². The van der Waals surface area contributed by atoms with Crippen LogP contribution in [0.4, 0.5) is 0 Å². The van der Waals surface area contributed by atoms with E-state index in [9.17, 15) is 4.79 Å². The van der Waals surface area contributed by atoms with Crippen LogP contribution in [0.3, 0.4) is 0 Å². The normalized spacial score (nSPS) is 10.1. The summed E-state index contributed by atoms with van der Waals surface area (Å²) in [5, 5.41) is 9.22. The van der Waals surface area contributed by atoms with Gasteiger partial charge in [0, 0.05) is 6.07 Å². The van der Waals surface area contributed by atoms with E-state index in [0.29, 0.717) is 0 Å². The number of carbonyl (C=O) groups is 1. The van der Waals surface area contributed by atoms with Gasteiger partial charge in [0.2, 0.25) is 0 Å². The molecule has 0 amide bonds. The van der Waals surface area contributed by atoms with E-state index in [1.807, 2.05) is 0 Å². The van der Waals surface area contributed by atoms with Crippen molar-refractivity contribution in [2.45, 2.75) is 6.42 Å². The Morgan fingerprint density at radius 2 is 1.80 bits per heavy atom. The molecule has 1 aromatic rings. The molecule has 0 unspecified atom stereocenters. The molecule has 0 aliphatic carbocycles. The van der Waals surface area contributed by atoms with E-state index in [-0.39, 0.29) is 33.8 Å². The van der Waals surface area contributed by atoms with Crippen LogP contribution in [0, 0.1) is 0 Å². The highest BCUT2D eigenvalue weighted by Gasteiger charge is 2.10. The molecule has 0 aliphatic rings. The average molecular weight is 270 g/mol. The molecule has 82 valence electrons. The zero-order valence-corrected chi connectivity index (χ0v) is 9.73. The third-order valence-electron chi connectivity index (χ3n) is 1.51. The van der Waals surface area contributed by atoms with Crippen LogP contribution in [0.1, 0.15) is 6.42 Å². The maximum atomic E-state index is 11.0. The Kier molecular flexibility index (Phi) is 4.67. The number of aliphatic hydroxyl groups is 1. The molecule has 0 heterocycles. The van der Waals surface area contributed by atoms with Crippen molar-refractivity contribution in [3.05, 3.63) is 27.2 Å². The minimum atomic E-state index is -0.585. The molecule has 0 fully saturated rings. The van der Waals surface area contributed by atoms with Gasteiger partial charge in [-0.25, -0.2) is 0 Å². The van der Waals surface area contributed by atoms with Crippen molar-refractivity contribution in [2.75, 3.05) is 6.61 Å². The Morgan fingerprint density at radius 1 is 1.20 bits per heavy atom. The second-order valence-electron chi connectivity index (χ2n) is 2.64. The van der Waals surface area contributed by atoms with E-state index in [2.05, 4.69) is 0 Å². The van der Waals surface area contributed by atoms with Crippen LogP contribution in [0.2, 0.25) is 15.1 Å². The van der Waals surface area contributed by atoms with Crippen LogP contribution in [-0.4, -0.2) is 17.7 Å². The molecule has 1 N–H and O–H groups in total. The molecule has 0 atom stereocenters. The number of carbonyl (C=O) groups excluding carboxylic acids is 1. The standard InChI is InChI=1S/C9H7Cl3O3/c10-5-3-7(12)8(4-6(5)11)15-9(14)1-2-13/h3-4,13H,1-2H2. The average Bonchev–Trinajstić information content (AvgIpc) is 2.14. The molecule has 0 aromatic heterocycles. The molecule has 6 heteroatoms. The fourth-order valence-electron chi connectivity index (χ4n) is 0.847. The number of rotatable bonds is 3. The summed E-state index contributed by atoms with van der Waals surface area (Å²) in [5.41, 5.74) is 0. The van der Waals surface area contributed by atoms with Crippen molar-refractivity contribution in [2.24, 2.45) is 0 Å². The van der Waals surface area contributed by atoms with Gasteiger partial charge in [-0.1, -0.05) is 34.8 Å². The molecule has 0 saturated carbocycles. The SMILES string of the molecule is O=C(CCO)Oc1cc(Cl)c(Cl)cc1Cl. The minimum absolute atomic E-state index is 0.101. The van der Waals surface area contributed by atoms with Gasteiger partial charge in [0.1, 0.15) is 0 Å². The van der Waals surface area contributed by atoms with Gasteiger partial charge in [-0.2, -0.15) is 0 Å². The molecular formula is C9H7Cl3O3. The van der Waals surface area contributed by atoms with Crippen LogP contribution < -0.4 is 4.74 Å². The van der Waals surface area contributed by atoms with Crippen LogP contribution >= 0.6 is 34.8 Å². The molecule has 1 aromatic carbocycles. The Balaban J connectivity index is 2.86. The zero-order chi connectivity index (χ0) is 11.4. The summed E-state index contributed by atoms with van der Waals surface area (Å²) in [7, 11) is 0. The molecule has 0 aliphatic heterocycles. The van der Waals surface area contributed by atoms with E-state index in [1.165, 1.54) is 12.1 Å². The summed E-state index contributed by atoms with van der Waals surface area (Å²) in [6.07, 6.45) is -0.101. The Bertz CT molecular complexity index is 379. The molecule has 0 saturated heterocycles. The molecule has 15 heavy (non-hydrogen) atoms. The second-order valence-corrected chi connectivity index (χ2v) is 3.87. The lowest BCUT2D eigenvalue weighted by atomic mass is 10.3. The van der Waals surface area contributed by atoms with Crippen LogP contribution in [-0.2, 0) is 4.79 Å². The molecule has 3 nitrogen and oxygen atoms in total. The number of halogens is 3. The van der Waals surface area contributed by atoms with Gasteiger partial charge in [0.15, 0.2) is 5.75 Å². The van der Waals surface area contributed by atoms with E-state index in [1.54, 1.807) is 0 Å². The van der Waals surface area contributed by atoms with Gasteiger partial charge in [0.05, 0.1) is 28.1 Å². The van der Waals surface area contributed by atoms with Crippen molar-refractivity contribution in [1.82, 2.24) is 0 Å². The molecular weight excluding hydrogens is 262 g/mol. The van der Waals surface area contributed by atoms with Gasteiger partial charge in [0.25, 0.3) is 0 Å². The van der Waals surface area contributed by atoms with Crippen molar-refractivity contribution < 1.29 is 14.6 Å². The van der Waals surface area contributed by atoms with Crippen molar-refractivity contribution >= 4 is 40.8 Å². The summed E-state index contributed by atoms with van der Waals surface area (Å²) >= 11 is 17.2. The predicted octanol–water partition coefficient (Wildman–Crippen LogP) is 2.93. The van der Waals surface area contributed by atoms with E-state index in [4.69, 9.17) is 44.6 Å². The van der Waals surface area contributed by atoms with E-state index < -0.39 is 5.97 Å². The Hall–Kier alpha value is -0.480. The number of ether oxygens (including phenoxy) is 1. The highest BCUT2D eigenvalue weighted by Crippen LogP contribution is 2.33. The summed E-state index contributed by atoms with van der Waals surface area (Å²) in [4.78, 5) is 11.0. The summed E-state index contributed by atoms with van der Waals surface area (Å²) in [5.74, 6) is -0.456. The van der Waals surface area contributed by atoms with Gasteiger partial charge in [-0.3, -0.25) is 4.79 Å². The third-order valence-corrected chi connectivity index (χ3v) is 2.53. The monoisotopic (exact) mass is 268 g/mol. The largest absolute Gasteiger partial charge is 0.425 e. The Morgan fingerprint density at radius 3 is 2.40 bits per heavy atom. The van der Waals surface area contributed by atoms with Crippen LogP contribution in [0.5, 0.6) is 5.75 Å². The van der Waals surface area contributed by atoms with Crippen molar-refractivity contribution in [3.8, 4) is 5.75 Å². The first-order valence-corrected chi connectivity index (χ1v) is 5.14. The second kappa shape index (κ2) is 5.56. The fourth-order valence-corrected chi connectivity index (χ4v) is 1.42. The highest BCUT2D eigenvalue weighted by molar-refractivity contribution is 6.43. The number of esters is 1. The maximum Gasteiger partial charge on any atom is 0.313 e. The van der Waals surface area contributed by atoms with Crippen LogP contribution in [0.15, 0.2) is 12.1 Å². The first-order valence-electron chi connectivity index (χ1n) is 4.00. The summed E-state index contributed by atoms with van der Waals surface area (Å²) < 4.78 is 4.85. The summed E-state index contributed by atoms with van der Waals surface area (Å²) in [6.45, 7) is -0.280. The van der Waals surface area contributed by atoms with Gasteiger partial charge in [-0.15, -0.1) is 0 Å². The lowest BCUT2D eigenvalue weighted by Crippen LogP contribution is -2.09. The van der Waals surface area contributed by atoms with Gasteiger partial charge in [-0.05, 0) is 6.07 Å². The van der Waals surface area contributed by atoms with Crippen LogP contribution in [0.25, 0.3) is 0 Å². The Labute approximate surface area is 102 Å². The number of hydrogen-bond acceptors (Lipinski definition) is 3. The number of benzene rings is 1. The zero-order valence-electron chi connectivity index (χ0n) is 7.47. The highest BCUT2D eigenvalue weighted by atomic mass is 35.5. The predicted molar refractivity (Wildman–Crippen MR) is 58.8 cm³/mol. The minimum Gasteiger partial charge on any atom is -0.425 e. The molecule has 0 spiro atoms. The number of hydrogen-bond donors (Lipinski definition) is 1. The molecule has 1 rings (SSSR count). The summed E-state index contributed by atoms with van der Waals surface area (Å²) in [6, 6.07) is 2.73. The quantitative estimate of drug-likeness (QED) is 0.521. The smallest absolute Gasteiger partial charge is 0.313 e. The van der Waals surface area contributed by atoms with E-state index >= 15 is 0 Å². The van der Waals surface area contributed by atoms with Crippen molar-refractivity contribution in [3.63, 3.8) is 0 Å². The first kappa shape index (κ1) is 12.6. The van der Waals surface area contributed by atoms with Gasteiger partial charge >= 0.3 is 5.97 Å². The van der Waals surface area contributed by atoms with Crippen molar-refractivity contribution in [1.29, 1.82) is 0 Å². The first-order chi connectivity index (χ1) is 7.04. The third kappa shape index (κ3) is 3.54.